The zero-order chi connectivity index (χ0) is 11.9. The highest BCUT2D eigenvalue weighted by molar-refractivity contribution is 6.84. The number of aliphatic hydroxyl groups excluding tert-OH is 2. The third kappa shape index (κ3) is 8.16. The fourth-order valence-electron chi connectivity index (χ4n) is 1.87. The van der Waals surface area contributed by atoms with Crippen molar-refractivity contribution in [3.05, 3.63) is 0 Å². The Morgan fingerprint density at radius 1 is 0.867 bits per heavy atom. The van der Waals surface area contributed by atoms with Crippen LogP contribution in [0.3, 0.4) is 0 Å². The molecule has 0 radical (unpaired) electrons. The fourth-order valence-corrected chi connectivity index (χ4v) is 10.7. The van der Waals surface area contributed by atoms with Gasteiger partial charge < -0.3 is 14.3 Å². The van der Waals surface area contributed by atoms with E-state index in [0.717, 1.165) is 24.9 Å². The second-order valence-electron chi connectivity index (χ2n) is 5.32. The standard InChI is InChI=1S/C10H26O3Si2/c1-14(2,3)13-15(4,9-5-7-11)10-6-8-12/h11-12H,5-10H2,1-4H3. The van der Waals surface area contributed by atoms with Crippen LogP contribution in [0.25, 0.3) is 0 Å². The van der Waals surface area contributed by atoms with E-state index in [-0.39, 0.29) is 13.2 Å². The molecule has 0 aliphatic rings. The van der Waals surface area contributed by atoms with Crippen LogP contribution in [-0.4, -0.2) is 40.1 Å². The maximum absolute atomic E-state index is 8.88. The molecule has 0 aliphatic carbocycles. The van der Waals surface area contributed by atoms with Gasteiger partial charge in [-0.25, -0.2) is 0 Å². The van der Waals surface area contributed by atoms with Crippen LogP contribution in [0.5, 0.6) is 0 Å². The van der Waals surface area contributed by atoms with Gasteiger partial charge in [-0.15, -0.1) is 0 Å². The van der Waals surface area contributed by atoms with Gasteiger partial charge in [0.2, 0.25) is 0 Å². The molecule has 0 aromatic rings. The number of hydrogen-bond acceptors (Lipinski definition) is 3. The molecular weight excluding hydrogens is 224 g/mol. The summed E-state index contributed by atoms with van der Waals surface area (Å²) in [6, 6.07) is 2.02. The Balaban J connectivity index is 4.26. The van der Waals surface area contributed by atoms with E-state index in [9.17, 15) is 0 Å². The predicted octanol–water partition coefficient (Wildman–Crippen LogP) is 2.18. The monoisotopic (exact) mass is 250 g/mol. The molecule has 0 saturated carbocycles. The highest BCUT2D eigenvalue weighted by Gasteiger charge is 2.33. The Morgan fingerprint density at radius 3 is 1.53 bits per heavy atom. The molecule has 5 heteroatoms. The Morgan fingerprint density at radius 2 is 1.27 bits per heavy atom. The summed E-state index contributed by atoms with van der Waals surface area (Å²) in [6.07, 6.45) is 1.66. The minimum Gasteiger partial charge on any atom is -0.456 e. The second kappa shape index (κ2) is 6.80. The smallest absolute Gasteiger partial charge is 0.176 e. The molecule has 0 saturated heterocycles. The summed E-state index contributed by atoms with van der Waals surface area (Å²) in [6.45, 7) is 9.34. The minimum atomic E-state index is -1.69. The van der Waals surface area contributed by atoms with Gasteiger partial charge in [-0.2, -0.15) is 0 Å². The van der Waals surface area contributed by atoms with Crippen LogP contribution in [-0.2, 0) is 4.12 Å². The van der Waals surface area contributed by atoms with Crippen LogP contribution >= 0.6 is 0 Å². The molecule has 0 aliphatic heterocycles. The van der Waals surface area contributed by atoms with E-state index < -0.39 is 16.6 Å². The van der Waals surface area contributed by atoms with Gasteiger partial charge in [0.05, 0.1) is 0 Å². The first-order chi connectivity index (χ1) is 6.83. The third-order valence-corrected chi connectivity index (χ3v) is 9.52. The summed E-state index contributed by atoms with van der Waals surface area (Å²) in [5.41, 5.74) is 0. The van der Waals surface area contributed by atoms with Crippen LogP contribution in [0.4, 0.5) is 0 Å². The van der Waals surface area contributed by atoms with Crippen molar-refractivity contribution in [3.63, 3.8) is 0 Å². The fraction of sp³-hybridized carbons (Fsp3) is 1.00. The average molecular weight is 250 g/mol. The van der Waals surface area contributed by atoms with E-state index in [1.165, 1.54) is 0 Å². The van der Waals surface area contributed by atoms with Crippen molar-refractivity contribution in [2.45, 2.75) is 51.1 Å². The molecule has 0 rings (SSSR count). The molecule has 0 fully saturated rings. The first kappa shape index (κ1) is 15.3. The Kier molecular flexibility index (Phi) is 6.94. The van der Waals surface area contributed by atoms with Crippen LogP contribution in [0.15, 0.2) is 0 Å². The lowest BCUT2D eigenvalue weighted by Crippen LogP contribution is -2.44. The van der Waals surface area contributed by atoms with Crippen molar-refractivity contribution in [2.24, 2.45) is 0 Å². The first-order valence-electron chi connectivity index (χ1n) is 5.75. The molecule has 15 heavy (non-hydrogen) atoms. The summed E-state index contributed by atoms with van der Waals surface area (Å²) in [5.74, 6) is 0. The van der Waals surface area contributed by atoms with E-state index in [4.69, 9.17) is 14.3 Å². The predicted molar refractivity (Wildman–Crippen MR) is 69.1 cm³/mol. The minimum absolute atomic E-state index is 0.247. The third-order valence-electron chi connectivity index (χ3n) is 2.28. The number of rotatable bonds is 8. The molecule has 0 aromatic carbocycles. The lowest BCUT2D eigenvalue weighted by Gasteiger charge is -2.34. The molecule has 0 spiro atoms. The zero-order valence-electron chi connectivity index (χ0n) is 10.5. The highest BCUT2D eigenvalue weighted by Crippen LogP contribution is 2.25. The van der Waals surface area contributed by atoms with Gasteiger partial charge in [0, 0.05) is 13.2 Å². The Labute approximate surface area is 95.7 Å². The maximum Gasteiger partial charge on any atom is 0.176 e. The molecular formula is C10H26O3Si2. The van der Waals surface area contributed by atoms with E-state index in [1.54, 1.807) is 0 Å². The molecule has 0 atom stereocenters. The largest absolute Gasteiger partial charge is 0.456 e. The SMILES string of the molecule is C[Si](C)(C)O[Si](C)(CCCO)CCCO. The van der Waals surface area contributed by atoms with Crippen LogP contribution in [0.1, 0.15) is 12.8 Å². The van der Waals surface area contributed by atoms with Gasteiger partial charge in [0.1, 0.15) is 0 Å². The average Bonchev–Trinajstić information content (AvgIpc) is 2.09. The van der Waals surface area contributed by atoms with E-state index in [0.29, 0.717) is 0 Å². The lowest BCUT2D eigenvalue weighted by molar-refractivity contribution is 0.288. The van der Waals surface area contributed by atoms with Gasteiger partial charge >= 0.3 is 0 Å². The van der Waals surface area contributed by atoms with Crippen LogP contribution < -0.4 is 0 Å². The van der Waals surface area contributed by atoms with Gasteiger partial charge in [0.25, 0.3) is 0 Å². The van der Waals surface area contributed by atoms with Crippen molar-refractivity contribution >= 4 is 16.6 Å². The number of hydrogen-bond donors (Lipinski definition) is 2. The summed E-state index contributed by atoms with van der Waals surface area (Å²) >= 11 is 0. The molecule has 2 N–H and O–H groups in total. The van der Waals surface area contributed by atoms with Gasteiger partial charge in [-0.3, -0.25) is 0 Å². The van der Waals surface area contributed by atoms with E-state index in [1.807, 2.05) is 0 Å². The van der Waals surface area contributed by atoms with Gasteiger partial charge in [-0.1, -0.05) is 0 Å². The van der Waals surface area contributed by atoms with E-state index in [2.05, 4.69) is 26.2 Å². The van der Waals surface area contributed by atoms with Crippen LogP contribution in [0, 0.1) is 0 Å². The summed E-state index contributed by atoms with van der Waals surface area (Å²) in [4.78, 5) is 0. The Hall–Kier alpha value is 0.314. The summed E-state index contributed by atoms with van der Waals surface area (Å²) < 4.78 is 6.28. The molecule has 0 heterocycles. The normalized spacial score (nSPS) is 13.2. The van der Waals surface area contributed by atoms with Crippen molar-refractivity contribution in [1.82, 2.24) is 0 Å². The molecule has 0 unspecified atom stereocenters. The molecule has 0 bridgehead atoms. The Bertz CT molecular complexity index is 161. The molecule has 0 amide bonds. The molecule has 92 valence electrons. The van der Waals surface area contributed by atoms with Crippen molar-refractivity contribution in [2.75, 3.05) is 13.2 Å². The van der Waals surface area contributed by atoms with E-state index >= 15 is 0 Å². The first-order valence-corrected chi connectivity index (χ1v) is 12.0. The number of aliphatic hydroxyl groups is 2. The quantitative estimate of drug-likeness (QED) is 0.649. The van der Waals surface area contributed by atoms with Crippen molar-refractivity contribution in [1.29, 1.82) is 0 Å². The summed E-state index contributed by atoms with van der Waals surface area (Å²) in [5, 5.41) is 17.8. The topological polar surface area (TPSA) is 49.7 Å². The van der Waals surface area contributed by atoms with Gasteiger partial charge in [-0.05, 0) is 51.1 Å². The summed E-state index contributed by atoms with van der Waals surface area (Å²) in [7, 11) is -3.18. The zero-order valence-corrected chi connectivity index (χ0v) is 12.5. The highest BCUT2D eigenvalue weighted by atomic mass is 28.4. The molecule has 3 nitrogen and oxygen atoms in total. The maximum atomic E-state index is 8.88. The van der Waals surface area contributed by atoms with Crippen LogP contribution in [0.2, 0.25) is 38.3 Å². The van der Waals surface area contributed by atoms with Crippen molar-refractivity contribution in [3.8, 4) is 0 Å². The lowest BCUT2D eigenvalue weighted by atomic mass is 10.5. The second-order valence-corrected chi connectivity index (χ2v) is 14.3. The molecule has 0 aromatic heterocycles. The van der Waals surface area contributed by atoms with Gasteiger partial charge in [0.15, 0.2) is 16.6 Å². The van der Waals surface area contributed by atoms with Crippen molar-refractivity contribution < 1.29 is 14.3 Å².